The van der Waals surface area contributed by atoms with Crippen LogP contribution in [0.2, 0.25) is 0 Å². The van der Waals surface area contributed by atoms with Crippen LogP contribution in [0, 0.1) is 17.1 Å². The van der Waals surface area contributed by atoms with Gasteiger partial charge in [-0.15, -0.1) is 0 Å². The van der Waals surface area contributed by atoms with Crippen molar-refractivity contribution in [3.63, 3.8) is 0 Å². The van der Waals surface area contributed by atoms with Crippen molar-refractivity contribution in [2.75, 3.05) is 19.6 Å². The maximum atomic E-state index is 13.2. The maximum Gasteiger partial charge on any atom is 0.140 e. The number of piperidine rings is 1. The fourth-order valence-electron chi connectivity index (χ4n) is 2.54. The number of halogens is 1. The third-order valence-electron chi connectivity index (χ3n) is 3.70. The van der Waals surface area contributed by atoms with E-state index in [1.54, 1.807) is 12.1 Å². The van der Waals surface area contributed by atoms with Crippen molar-refractivity contribution in [1.82, 2.24) is 10.2 Å². The minimum Gasteiger partial charge on any atom is -0.309 e. The van der Waals surface area contributed by atoms with Gasteiger partial charge in [-0.1, -0.05) is 13.0 Å². The normalized spacial score (nSPS) is 20.2. The maximum absolute atomic E-state index is 13.2. The summed E-state index contributed by atoms with van der Waals surface area (Å²) in [6.45, 7) is 6.22. The quantitative estimate of drug-likeness (QED) is 0.903. The first kappa shape index (κ1) is 14.0. The van der Waals surface area contributed by atoms with Crippen LogP contribution < -0.4 is 5.32 Å². The molecule has 1 fully saturated rings. The molecule has 1 heterocycles. The van der Waals surface area contributed by atoms with Gasteiger partial charge in [0.05, 0.1) is 5.56 Å². The lowest BCUT2D eigenvalue weighted by atomic mass is 10.0. The second-order valence-corrected chi connectivity index (χ2v) is 5.04. The molecule has 1 aromatic rings. The van der Waals surface area contributed by atoms with Crippen LogP contribution in [0.3, 0.4) is 0 Å². The molecule has 1 aliphatic heterocycles. The average molecular weight is 261 g/mol. The van der Waals surface area contributed by atoms with Crippen LogP contribution in [-0.2, 0) is 6.54 Å². The monoisotopic (exact) mass is 261 g/mol. The van der Waals surface area contributed by atoms with Crippen LogP contribution >= 0.6 is 0 Å². The SMILES string of the molecule is CCN1CCCC(NCc2ccc(F)c(C#N)c2)C1. The summed E-state index contributed by atoms with van der Waals surface area (Å²) in [6.07, 6.45) is 2.40. The van der Waals surface area contributed by atoms with Gasteiger partial charge in [-0.2, -0.15) is 5.26 Å². The molecule has 0 bridgehead atoms. The number of benzene rings is 1. The molecule has 0 spiro atoms. The Morgan fingerprint density at radius 2 is 2.37 bits per heavy atom. The molecule has 1 unspecified atom stereocenters. The second-order valence-electron chi connectivity index (χ2n) is 5.04. The molecule has 0 aliphatic carbocycles. The number of rotatable bonds is 4. The molecular formula is C15H20FN3. The molecule has 1 saturated heterocycles. The van der Waals surface area contributed by atoms with Crippen LogP contribution in [0.1, 0.15) is 30.9 Å². The summed E-state index contributed by atoms with van der Waals surface area (Å²) in [5, 5.41) is 12.3. The lowest BCUT2D eigenvalue weighted by molar-refractivity contribution is 0.198. The van der Waals surface area contributed by atoms with Crippen LogP contribution in [-0.4, -0.2) is 30.6 Å². The van der Waals surface area contributed by atoms with Crippen molar-refractivity contribution < 1.29 is 4.39 Å². The smallest absolute Gasteiger partial charge is 0.140 e. The Kier molecular flexibility index (Phi) is 4.89. The van der Waals surface area contributed by atoms with E-state index < -0.39 is 5.82 Å². The number of nitriles is 1. The van der Waals surface area contributed by atoms with Crippen molar-refractivity contribution in [2.45, 2.75) is 32.4 Å². The highest BCUT2D eigenvalue weighted by Gasteiger charge is 2.17. The zero-order chi connectivity index (χ0) is 13.7. The third-order valence-corrected chi connectivity index (χ3v) is 3.70. The number of hydrogen-bond donors (Lipinski definition) is 1. The summed E-state index contributed by atoms with van der Waals surface area (Å²) in [5.74, 6) is -0.443. The Morgan fingerprint density at radius 1 is 1.53 bits per heavy atom. The Balaban J connectivity index is 1.90. The number of hydrogen-bond acceptors (Lipinski definition) is 3. The summed E-state index contributed by atoms with van der Waals surface area (Å²) in [5.41, 5.74) is 1.09. The van der Waals surface area contributed by atoms with Crippen LogP contribution in [0.4, 0.5) is 4.39 Å². The number of nitrogens with zero attached hydrogens (tertiary/aromatic N) is 2. The van der Waals surface area contributed by atoms with Crippen LogP contribution in [0.5, 0.6) is 0 Å². The fourth-order valence-corrected chi connectivity index (χ4v) is 2.54. The molecule has 1 N–H and O–H groups in total. The summed E-state index contributed by atoms with van der Waals surface area (Å²) in [7, 11) is 0. The molecule has 0 radical (unpaired) electrons. The van der Waals surface area contributed by atoms with E-state index in [2.05, 4.69) is 17.1 Å². The molecule has 4 heteroatoms. The highest BCUT2D eigenvalue weighted by atomic mass is 19.1. The third kappa shape index (κ3) is 3.76. The Hall–Kier alpha value is -1.44. The largest absolute Gasteiger partial charge is 0.309 e. The first-order valence-corrected chi connectivity index (χ1v) is 6.87. The molecule has 0 aromatic heterocycles. The highest BCUT2D eigenvalue weighted by Crippen LogP contribution is 2.12. The van der Waals surface area contributed by atoms with E-state index in [4.69, 9.17) is 5.26 Å². The van der Waals surface area contributed by atoms with Crippen molar-refractivity contribution in [1.29, 1.82) is 5.26 Å². The zero-order valence-electron chi connectivity index (χ0n) is 11.3. The summed E-state index contributed by atoms with van der Waals surface area (Å²) in [6, 6.07) is 7.11. The van der Waals surface area contributed by atoms with Gasteiger partial charge in [0.2, 0.25) is 0 Å². The summed E-state index contributed by atoms with van der Waals surface area (Å²) < 4.78 is 13.2. The molecule has 0 saturated carbocycles. The summed E-state index contributed by atoms with van der Waals surface area (Å²) in [4.78, 5) is 2.44. The molecule has 1 atom stereocenters. The van der Waals surface area contributed by atoms with Gasteiger partial charge in [0.1, 0.15) is 11.9 Å². The van der Waals surface area contributed by atoms with Gasteiger partial charge in [0.15, 0.2) is 0 Å². The predicted molar refractivity (Wildman–Crippen MR) is 73.1 cm³/mol. The van der Waals surface area contributed by atoms with Gasteiger partial charge in [0, 0.05) is 19.1 Å². The summed E-state index contributed by atoms with van der Waals surface area (Å²) >= 11 is 0. The van der Waals surface area contributed by atoms with Crippen molar-refractivity contribution in [3.8, 4) is 6.07 Å². The minimum atomic E-state index is -0.443. The highest BCUT2D eigenvalue weighted by molar-refractivity contribution is 5.34. The van der Waals surface area contributed by atoms with Crippen molar-refractivity contribution in [3.05, 3.63) is 35.1 Å². The Bertz CT molecular complexity index is 467. The van der Waals surface area contributed by atoms with E-state index in [1.807, 2.05) is 6.07 Å². The number of likely N-dealkylation sites (tertiary alicyclic amines) is 1. The van der Waals surface area contributed by atoms with Crippen molar-refractivity contribution in [2.24, 2.45) is 0 Å². The molecular weight excluding hydrogens is 241 g/mol. The van der Waals surface area contributed by atoms with E-state index in [1.165, 1.54) is 25.5 Å². The van der Waals surface area contributed by atoms with E-state index in [0.29, 0.717) is 12.6 Å². The Morgan fingerprint density at radius 3 is 3.11 bits per heavy atom. The lowest BCUT2D eigenvalue weighted by Crippen LogP contribution is -2.45. The van der Waals surface area contributed by atoms with Crippen molar-refractivity contribution >= 4 is 0 Å². The Labute approximate surface area is 114 Å². The van der Waals surface area contributed by atoms with E-state index in [9.17, 15) is 4.39 Å². The van der Waals surface area contributed by atoms with Gasteiger partial charge in [-0.05, 0) is 43.6 Å². The molecule has 2 rings (SSSR count). The van der Waals surface area contributed by atoms with Gasteiger partial charge >= 0.3 is 0 Å². The molecule has 19 heavy (non-hydrogen) atoms. The molecule has 0 amide bonds. The predicted octanol–water partition coefficient (Wildman–Crippen LogP) is 2.27. The first-order valence-electron chi connectivity index (χ1n) is 6.87. The topological polar surface area (TPSA) is 39.1 Å². The van der Waals surface area contributed by atoms with Crippen LogP contribution in [0.25, 0.3) is 0 Å². The lowest BCUT2D eigenvalue weighted by Gasteiger charge is -2.32. The van der Waals surface area contributed by atoms with Gasteiger partial charge in [-0.25, -0.2) is 4.39 Å². The molecule has 1 aromatic carbocycles. The van der Waals surface area contributed by atoms with Crippen LogP contribution in [0.15, 0.2) is 18.2 Å². The van der Waals surface area contributed by atoms with Gasteiger partial charge in [-0.3, -0.25) is 0 Å². The average Bonchev–Trinajstić information content (AvgIpc) is 2.46. The van der Waals surface area contributed by atoms with E-state index in [0.717, 1.165) is 18.7 Å². The van der Waals surface area contributed by atoms with Gasteiger partial charge < -0.3 is 10.2 Å². The zero-order valence-corrected chi connectivity index (χ0v) is 11.3. The number of nitrogens with one attached hydrogen (secondary N) is 1. The molecule has 102 valence electrons. The van der Waals surface area contributed by atoms with E-state index >= 15 is 0 Å². The second kappa shape index (κ2) is 6.65. The minimum absolute atomic E-state index is 0.123. The first-order chi connectivity index (χ1) is 9.22. The molecule has 3 nitrogen and oxygen atoms in total. The molecule has 1 aliphatic rings. The standard InChI is InChI=1S/C15H20FN3/c1-2-19-7-3-4-14(11-19)18-10-12-5-6-15(16)13(8-12)9-17/h5-6,8,14,18H,2-4,7,10-11H2,1H3. The fraction of sp³-hybridized carbons (Fsp3) is 0.533. The number of likely N-dealkylation sites (N-methyl/N-ethyl adjacent to an activating group) is 1. The van der Waals surface area contributed by atoms with E-state index in [-0.39, 0.29) is 5.56 Å². The van der Waals surface area contributed by atoms with Gasteiger partial charge in [0.25, 0.3) is 0 Å².